The van der Waals surface area contributed by atoms with Gasteiger partial charge in [-0.25, -0.2) is 4.99 Å². The molecule has 1 aromatic rings. The molecule has 0 radical (unpaired) electrons. The first-order chi connectivity index (χ1) is 12.1. The zero-order valence-electron chi connectivity index (χ0n) is 16.0. The van der Waals surface area contributed by atoms with Gasteiger partial charge in [-0.05, 0) is 31.9 Å². The third kappa shape index (κ3) is 7.01. The highest BCUT2D eigenvalue weighted by Gasteiger charge is 2.25. The molecule has 1 heterocycles. The molecule has 1 atom stereocenters. The highest BCUT2D eigenvalue weighted by atomic mass is 127. The molecular weight excluding hydrogens is 443 g/mol. The lowest BCUT2D eigenvalue weighted by molar-refractivity contribution is -0.129. The molecule has 1 unspecified atom stereocenters. The molecular formula is C19H31IN4O2. The molecule has 0 spiro atoms. The summed E-state index contributed by atoms with van der Waals surface area (Å²) in [6.07, 6.45) is 1.52. The van der Waals surface area contributed by atoms with E-state index < -0.39 is 0 Å². The van der Waals surface area contributed by atoms with E-state index in [2.05, 4.69) is 15.6 Å². The van der Waals surface area contributed by atoms with Crippen molar-refractivity contribution in [2.24, 2.45) is 4.99 Å². The Balaban J connectivity index is 0.00000338. The van der Waals surface area contributed by atoms with Crippen molar-refractivity contribution in [2.75, 3.05) is 32.8 Å². The van der Waals surface area contributed by atoms with E-state index in [0.717, 1.165) is 43.3 Å². The van der Waals surface area contributed by atoms with Gasteiger partial charge in [0.2, 0.25) is 5.91 Å². The van der Waals surface area contributed by atoms with E-state index in [9.17, 15) is 4.79 Å². The Bertz CT molecular complexity index is 595. The van der Waals surface area contributed by atoms with Crippen LogP contribution in [0.3, 0.4) is 0 Å². The molecule has 0 saturated carbocycles. The number of benzene rings is 1. The summed E-state index contributed by atoms with van der Waals surface area (Å²) in [7, 11) is 0. The summed E-state index contributed by atoms with van der Waals surface area (Å²) < 4.78 is 5.78. The molecule has 1 fully saturated rings. The molecule has 6 nitrogen and oxygen atoms in total. The number of rotatable bonds is 7. The van der Waals surface area contributed by atoms with Crippen LogP contribution in [0.2, 0.25) is 0 Å². The number of aliphatic imine (C=N–C) groups is 1. The van der Waals surface area contributed by atoms with Crippen LogP contribution in [0.25, 0.3) is 0 Å². The first kappa shape index (κ1) is 22.5. The molecule has 26 heavy (non-hydrogen) atoms. The van der Waals surface area contributed by atoms with Crippen molar-refractivity contribution in [3.8, 4) is 5.75 Å². The van der Waals surface area contributed by atoms with E-state index in [1.54, 1.807) is 0 Å². The summed E-state index contributed by atoms with van der Waals surface area (Å²) in [5.41, 5.74) is 1.13. The quantitative estimate of drug-likeness (QED) is 0.276. The molecule has 1 aliphatic rings. The zero-order chi connectivity index (χ0) is 18.1. The van der Waals surface area contributed by atoms with Crippen LogP contribution in [0, 0.1) is 6.92 Å². The van der Waals surface area contributed by atoms with Crippen molar-refractivity contribution < 1.29 is 9.53 Å². The SMILES string of the molecule is CCNC(=NCCOc1ccccc1C)NC1CCN(C(=O)CC)C1.I. The number of amides is 1. The van der Waals surface area contributed by atoms with Crippen LogP contribution in [0.15, 0.2) is 29.3 Å². The third-order valence-electron chi connectivity index (χ3n) is 4.24. The monoisotopic (exact) mass is 474 g/mol. The molecule has 0 aliphatic carbocycles. The molecule has 1 aromatic carbocycles. The van der Waals surface area contributed by atoms with Crippen molar-refractivity contribution in [3.05, 3.63) is 29.8 Å². The minimum atomic E-state index is 0. The lowest BCUT2D eigenvalue weighted by Crippen LogP contribution is -2.45. The average Bonchev–Trinajstić information content (AvgIpc) is 3.08. The van der Waals surface area contributed by atoms with Crippen molar-refractivity contribution in [2.45, 2.75) is 39.7 Å². The minimum Gasteiger partial charge on any atom is -0.491 e. The van der Waals surface area contributed by atoms with Gasteiger partial charge in [0.15, 0.2) is 5.96 Å². The number of carbonyl (C=O) groups is 1. The van der Waals surface area contributed by atoms with Crippen molar-refractivity contribution in [1.82, 2.24) is 15.5 Å². The largest absolute Gasteiger partial charge is 0.491 e. The number of aryl methyl sites for hydroxylation is 1. The number of nitrogens with one attached hydrogen (secondary N) is 2. The summed E-state index contributed by atoms with van der Waals surface area (Å²) in [6.45, 7) is 9.46. The van der Waals surface area contributed by atoms with E-state index in [0.29, 0.717) is 19.6 Å². The van der Waals surface area contributed by atoms with Gasteiger partial charge in [0.05, 0.1) is 6.54 Å². The van der Waals surface area contributed by atoms with Gasteiger partial charge in [0.25, 0.3) is 0 Å². The number of halogens is 1. The van der Waals surface area contributed by atoms with E-state index in [-0.39, 0.29) is 35.9 Å². The molecule has 1 amide bonds. The molecule has 1 aliphatic heterocycles. The molecule has 0 aromatic heterocycles. The van der Waals surface area contributed by atoms with Crippen LogP contribution in [-0.2, 0) is 4.79 Å². The molecule has 1 saturated heterocycles. The number of likely N-dealkylation sites (tertiary alicyclic amines) is 1. The average molecular weight is 474 g/mol. The van der Waals surface area contributed by atoms with Crippen LogP contribution >= 0.6 is 24.0 Å². The van der Waals surface area contributed by atoms with Crippen LogP contribution < -0.4 is 15.4 Å². The Morgan fingerprint density at radius 3 is 2.81 bits per heavy atom. The Morgan fingerprint density at radius 2 is 2.12 bits per heavy atom. The fourth-order valence-corrected chi connectivity index (χ4v) is 2.87. The lowest BCUT2D eigenvalue weighted by atomic mass is 10.2. The third-order valence-corrected chi connectivity index (χ3v) is 4.24. The predicted molar refractivity (Wildman–Crippen MR) is 116 cm³/mol. The number of hydrogen-bond acceptors (Lipinski definition) is 3. The topological polar surface area (TPSA) is 66.0 Å². The van der Waals surface area contributed by atoms with Gasteiger partial charge in [-0.15, -0.1) is 24.0 Å². The molecule has 7 heteroatoms. The van der Waals surface area contributed by atoms with Crippen molar-refractivity contribution in [3.63, 3.8) is 0 Å². The maximum Gasteiger partial charge on any atom is 0.222 e. The number of carbonyl (C=O) groups excluding carboxylic acids is 1. The number of ether oxygens (including phenoxy) is 1. The van der Waals surface area contributed by atoms with E-state index in [4.69, 9.17) is 4.74 Å². The lowest BCUT2D eigenvalue weighted by Gasteiger charge is -2.18. The number of para-hydroxylation sites is 1. The number of nitrogens with zero attached hydrogens (tertiary/aromatic N) is 2. The molecule has 0 bridgehead atoms. The van der Waals surface area contributed by atoms with Crippen LogP contribution in [0.4, 0.5) is 0 Å². The summed E-state index contributed by atoms with van der Waals surface area (Å²) in [6, 6.07) is 8.24. The predicted octanol–water partition coefficient (Wildman–Crippen LogP) is 2.56. The van der Waals surface area contributed by atoms with E-state index >= 15 is 0 Å². The Labute approximate surface area is 173 Å². The maximum atomic E-state index is 11.8. The Morgan fingerprint density at radius 1 is 1.35 bits per heavy atom. The van der Waals surface area contributed by atoms with Crippen molar-refractivity contribution in [1.29, 1.82) is 0 Å². The van der Waals surface area contributed by atoms with E-state index in [1.165, 1.54) is 0 Å². The summed E-state index contributed by atoms with van der Waals surface area (Å²) in [4.78, 5) is 18.3. The van der Waals surface area contributed by atoms with Crippen molar-refractivity contribution >= 4 is 35.8 Å². The first-order valence-electron chi connectivity index (χ1n) is 9.15. The fourth-order valence-electron chi connectivity index (χ4n) is 2.87. The van der Waals surface area contributed by atoms with Gasteiger partial charge in [0.1, 0.15) is 12.4 Å². The van der Waals surface area contributed by atoms with Gasteiger partial charge in [-0.1, -0.05) is 25.1 Å². The van der Waals surface area contributed by atoms with E-state index in [1.807, 2.05) is 49.9 Å². The molecule has 2 N–H and O–H groups in total. The van der Waals surface area contributed by atoms with Gasteiger partial charge in [-0.2, -0.15) is 0 Å². The van der Waals surface area contributed by atoms with Crippen LogP contribution in [0.5, 0.6) is 5.75 Å². The maximum absolute atomic E-state index is 11.8. The summed E-state index contributed by atoms with van der Waals surface area (Å²) in [5, 5.41) is 6.68. The Hall–Kier alpha value is -1.51. The highest BCUT2D eigenvalue weighted by Crippen LogP contribution is 2.15. The zero-order valence-corrected chi connectivity index (χ0v) is 18.3. The summed E-state index contributed by atoms with van der Waals surface area (Å²) >= 11 is 0. The van der Waals surface area contributed by atoms with Gasteiger partial charge >= 0.3 is 0 Å². The molecule has 2 rings (SSSR count). The fraction of sp³-hybridized carbons (Fsp3) is 0.579. The second-order valence-electron chi connectivity index (χ2n) is 6.20. The highest BCUT2D eigenvalue weighted by molar-refractivity contribution is 14.0. The van der Waals surface area contributed by atoms with Crippen LogP contribution in [-0.4, -0.2) is 55.6 Å². The Kier molecular flexibility index (Phi) is 10.4. The number of guanidine groups is 1. The second kappa shape index (κ2) is 12.0. The summed E-state index contributed by atoms with van der Waals surface area (Å²) in [5.74, 6) is 1.91. The standard InChI is InChI=1S/C19H30N4O2.HI/c1-4-18(24)23-12-10-16(14-23)22-19(20-5-2)21-11-13-25-17-9-7-6-8-15(17)3;/h6-9,16H,4-5,10-14H2,1-3H3,(H2,20,21,22);1H. The first-order valence-corrected chi connectivity index (χ1v) is 9.15. The normalized spacial score (nSPS) is 16.8. The van der Waals surface area contributed by atoms with Gasteiger partial charge < -0.3 is 20.3 Å². The van der Waals surface area contributed by atoms with Gasteiger partial charge in [-0.3, -0.25) is 4.79 Å². The minimum absolute atomic E-state index is 0. The van der Waals surface area contributed by atoms with Gasteiger partial charge in [0, 0.05) is 32.1 Å². The smallest absolute Gasteiger partial charge is 0.222 e. The van der Waals surface area contributed by atoms with Crippen LogP contribution in [0.1, 0.15) is 32.3 Å². The second-order valence-corrected chi connectivity index (χ2v) is 6.20. The number of hydrogen-bond donors (Lipinski definition) is 2. The molecule has 146 valence electrons.